The van der Waals surface area contributed by atoms with Crippen LogP contribution in [0.5, 0.6) is 0 Å². The molecular formula is C14H13F3O. The summed E-state index contributed by atoms with van der Waals surface area (Å²) < 4.78 is 38.0. The van der Waals surface area contributed by atoms with E-state index in [1.54, 1.807) is 0 Å². The molecule has 2 bridgehead atoms. The van der Waals surface area contributed by atoms with Gasteiger partial charge in [-0.2, -0.15) is 13.2 Å². The number of hydrogen-bond acceptors (Lipinski definition) is 1. The highest BCUT2D eigenvalue weighted by Gasteiger charge is 2.39. The van der Waals surface area contributed by atoms with E-state index < -0.39 is 11.7 Å². The van der Waals surface area contributed by atoms with Gasteiger partial charge in [0, 0.05) is 11.8 Å². The molecule has 18 heavy (non-hydrogen) atoms. The molecule has 1 saturated carbocycles. The minimum atomic E-state index is -4.30. The van der Waals surface area contributed by atoms with Crippen molar-refractivity contribution in [2.45, 2.75) is 37.8 Å². The van der Waals surface area contributed by atoms with Crippen LogP contribution in [-0.4, -0.2) is 5.78 Å². The summed E-state index contributed by atoms with van der Waals surface area (Å²) in [6.45, 7) is 0. The summed E-state index contributed by atoms with van der Waals surface area (Å²) in [5.74, 6) is 0.0167. The number of Topliss-reactive ketones (excluding diaryl/α,β-unsaturated/α-hetero) is 1. The maximum absolute atomic E-state index is 12.7. The van der Waals surface area contributed by atoms with Crippen LogP contribution in [-0.2, 0) is 17.4 Å². The van der Waals surface area contributed by atoms with E-state index >= 15 is 0 Å². The molecule has 1 aromatic carbocycles. The first kappa shape index (κ1) is 11.8. The molecule has 1 nitrogen and oxygen atoms in total. The molecule has 0 aromatic heterocycles. The van der Waals surface area contributed by atoms with E-state index in [1.807, 2.05) is 0 Å². The molecule has 2 unspecified atom stereocenters. The normalized spacial score (nSPS) is 26.9. The van der Waals surface area contributed by atoms with Crippen LogP contribution in [0.3, 0.4) is 0 Å². The van der Waals surface area contributed by atoms with E-state index in [-0.39, 0.29) is 17.6 Å². The van der Waals surface area contributed by atoms with Gasteiger partial charge >= 0.3 is 6.18 Å². The van der Waals surface area contributed by atoms with Crippen LogP contribution in [0, 0.1) is 5.92 Å². The molecule has 0 aliphatic heterocycles. The molecule has 1 fully saturated rings. The SMILES string of the molecule is O=C1C2CCCC1c1ccc(C(F)(F)F)cc1C2. The predicted octanol–water partition coefficient (Wildman–Crippen LogP) is 3.71. The molecule has 0 spiro atoms. The zero-order valence-electron chi connectivity index (χ0n) is 9.76. The second-order valence-corrected chi connectivity index (χ2v) is 5.20. The predicted molar refractivity (Wildman–Crippen MR) is 60.2 cm³/mol. The number of hydrogen-bond donors (Lipinski definition) is 0. The van der Waals surface area contributed by atoms with Crippen LogP contribution in [0.1, 0.15) is 41.9 Å². The molecule has 0 N–H and O–H groups in total. The zero-order chi connectivity index (χ0) is 12.9. The van der Waals surface area contributed by atoms with E-state index in [4.69, 9.17) is 0 Å². The molecule has 2 atom stereocenters. The van der Waals surface area contributed by atoms with Gasteiger partial charge in [0.1, 0.15) is 5.78 Å². The fourth-order valence-corrected chi connectivity index (χ4v) is 3.21. The van der Waals surface area contributed by atoms with Crippen molar-refractivity contribution in [1.29, 1.82) is 0 Å². The van der Waals surface area contributed by atoms with Gasteiger partial charge in [-0.25, -0.2) is 0 Å². The van der Waals surface area contributed by atoms with Crippen LogP contribution in [0.25, 0.3) is 0 Å². The van der Waals surface area contributed by atoms with Gasteiger partial charge in [-0.05, 0) is 42.5 Å². The Morgan fingerprint density at radius 3 is 2.67 bits per heavy atom. The summed E-state index contributed by atoms with van der Waals surface area (Å²) in [6, 6.07) is 3.83. The van der Waals surface area contributed by atoms with Crippen molar-refractivity contribution in [3.05, 3.63) is 34.9 Å². The molecule has 4 heteroatoms. The molecule has 2 aliphatic rings. The van der Waals surface area contributed by atoms with Gasteiger partial charge < -0.3 is 0 Å². The molecule has 0 heterocycles. The zero-order valence-corrected chi connectivity index (χ0v) is 9.76. The Morgan fingerprint density at radius 1 is 1.17 bits per heavy atom. The second-order valence-electron chi connectivity index (χ2n) is 5.20. The van der Waals surface area contributed by atoms with Crippen molar-refractivity contribution in [2.24, 2.45) is 5.92 Å². The van der Waals surface area contributed by atoms with Gasteiger partial charge in [0.15, 0.2) is 0 Å². The van der Waals surface area contributed by atoms with E-state index in [2.05, 4.69) is 0 Å². The number of fused-ring (bicyclic) bond motifs is 4. The third kappa shape index (κ3) is 1.74. The molecular weight excluding hydrogens is 241 g/mol. The first-order valence-corrected chi connectivity index (χ1v) is 6.20. The summed E-state index contributed by atoms with van der Waals surface area (Å²) in [5, 5.41) is 0. The lowest BCUT2D eigenvalue weighted by molar-refractivity contribution is -0.137. The van der Waals surface area contributed by atoms with Crippen molar-refractivity contribution in [2.75, 3.05) is 0 Å². The first-order chi connectivity index (χ1) is 8.47. The fourth-order valence-electron chi connectivity index (χ4n) is 3.21. The Bertz CT molecular complexity index is 504. The third-order valence-electron chi connectivity index (χ3n) is 4.10. The Labute approximate surface area is 103 Å². The smallest absolute Gasteiger partial charge is 0.299 e. The average Bonchev–Trinajstić information content (AvgIpc) is 2.27. The standard InChI is InChI=1S/C14H13F3O/c15-14(16,17)10-4-5-11-9(7-10)6-8-2-1-3-12(11)13(8)18/h4-5,7-8,12H,1-3,6H2. The van der Waals surface area contributed by atoms with Gasteiger partial charge in [-0.3, -0.25) is 4.79 Å². The van der Waals surface area contributed by atoms with Crippen LogP contribution >= 0.6 is 0 Å². The summed E-state index contributed by atoms with van der Waals surface area (Å²) >= 11 is 0. The van der Waals surface area contributed by atoms with E-state index in [1.165, 1.54) is 12.1 Å². The van der Waals surface area contributed by atoms with E-state index in [0.29, 0.717) is 6.42 Å². The molecule has 0 radical (unpaired) electrons. The summed E-state index contributed by atoms with van der Waals surface area (Å²) in [7, 11) is 0. The van der Waals surface area contributed by atoms with E-state index in [9.17, 15) is 18.0 Å². The van der Waals surface area contributed by atoms with Crippen LogP contribution in [0.2, 0.25) is 0 Å². The van der Waals surface area contributed by atoms with Crippen molar-refractivity contribution < 1.29 is 18.0 Å². The molecule has 3 rings (SSSR count). The van der Waals surface area contributed by atoms with Crippen LogP contribution in [0.15, 0.2) is 18.2 Å². The van der Waals surface area contributed by atoms with Gasteiger partial charge in [-0.1, -0.05) is 12.5 Å². The first-order valence-electron chi connectivity index (χ1n) is 6.20. The molecule has 96 valence electrons. The number of carbonyl (C=O) groups excluding carboxylic acids is 1. The Morgan fingerprint density at radius 2 is 1.94 bits per heavy atom. The highest BCUT2D eigenvalue weighted by molar-refractivity contribution is 5.90. The lowest BCUT2D eigenvalue weighted by Gasteiger charge is -2.35. The lowest BCUT2D eigenvalue weighted by Crippen LogP contribution is -2.33. The number of benzene rings is 1. The van der Waals surface area contributed by atoms with Gasteiger partial charge in [-0.15, -0.1) is 0 Å². The molecule has 0 saturated heterocycles. The maximum Gasteiger partial charge on any atom is 0.416 e. The molecule has 1 aromatic rings. The van der Waals surface area contributed by atoms with Crippen molar-refractivity contribution >= 4 is 5.78 Å². The van der Waals surface area contributed by atoms with Gasteiger partial charge in [0.05, 0.1) is 5.56 Å². The van der Waals surface area contributed by atoms with Crippen molar-refractivity contribution in [3.63, 3.8) is 0 Å². The number of ketones is 1. The monoisotopic (exact) mass is 254 g/mol. The summed E-state index contributed by atoms with van der Waals surface area (Å²) in [5.41, 5.74) is 0.941. The number of rotatable bonds is 0. The highest BCUT2D eigenvalue weighted by Crippen LogP contribution is 2.43. The third-order valence-corrected chi connectivity index (χ3v) is 4.10. The average molecular weight is 254 g/mol. The van der Waals surface area contributed by atoms with E-state index in [0.717, 1.165) is 36.5 Å². The quantitative estimate of drug-likeness (QED) is 0.689. The fraction of sp³-hybridized carbons (Fsp3) is 0.500. The molecule has 0 amide bonds. The Kier molecular flexibility index (Phi) is 2.50. The minimum Gasteiger partial charge on any atom is -0.299 e. The second kappa shape index (κ2) is 3.84. The maximum atomic E-state index is 12.7. The van der Waals surface area contributed by atoms with Crippen LogP contribution in [0.4, 0.5) is 13.2 Å². The summed E-state index contributed by atoms with van der Waals surface area (Å²) in [6.07, 6.45) is -1.21. The van der Waals surface area contributed by atoms with Gasteiger partial charge in [0.25, 0.3) is 0 Å². The molecule has 2 aliphatic carbocycles. The topological polar surface area (TPSA) is 17.1 Å². The Hall–Kier alpha value is -1.32. The number of alkyl halides is 3. The highest BCUT2D eigenvalue weighted by atomic mass is 19.4. The van der Waals surface area contributed by atoms with Crippen molar-refractivity contribution in [1.82, 2.24) is 0 Å². The number of carbonyl (C=O) groups is 1. The van der Waals surface area contributed by atoms with Crippen molar-refractivity contribution in [3.8, 4) is 0 Å². The number of halogens is 3. The lowest BCUT2D eigenvalue weighted by atomic mass is 9.68. The minimum absolute atomic E-state index is 0.0558. The van der Waals surface area contributed by atoms with Gasteiger partial charge in [0.2, 0.25) is 0 Å². The Balaban J connectivity index is 2.06. The summed E-state index contributed by atoms with van der Waals surface area (Å²) in [4.78, 5) is 12.0. The largest absolute Gasteiger partial charge is 0.416 e. The van der Waals surface area contributed by atoms with Crippen LogP contribution < -0.4 is 0 Å².